The molecule has 0 unspecified atom stereocenters. The highest BCUT2D eigenvalue weighted by Gasteiger charge is 2.40. The number of hydrogen-bond donors (Lipinski definition) is 4. The Labute approximate surface area is 382 Å². The van der Waals surface area contributed by atoms with Crippen LogP contribution in [0.4, 0.5) is 11.4 Å². The van der Waals surface area contributed by atoms with E-state index in [2.05, 4.69) is 10.6 Å². The van der Waals surface area contributed by atoms with Crippen LogP contribution in [0.5, 0.6) is 11.5 Å². The molecular weight excluding hydrogens is 929 g/mol. The number of amides is 8. The minimum Gasteiger partial charge on any atom is -0.493 e. The standard InChI is InChI=1S/C46H30N4O16S2/c51-39-25-7-11-29-37-30(12-8-26(35(25)37)40(52)47-39)44(56)49(43(29)55)21-3-5-23(33(19-21)65-15-1-17-67(59,60)61)24-6-4-22(20-34(24)66-16-2-18-68(62,63)64)50-45(57)31-13-9-27-36-28(42(54)48-41(27)53)10-14-32(38(31)36)46(50)58/h3-14,19-20H,1-2,15-18H2,(H,47,51,52)(H,48,53,54)(H,59,60,61)(H,62,63,64). The molecule has 4 aliphatic rings. The number of nitrogens with zero attached hydrogens (tertiary/aromatic N) is 2. The molecule has 0 bridgehead atoms. The van der Waals surface area contributed by atoms with Crippen molar-refractivity contribution in [3.05, 3.63) is 129 Å². The van der Waals surface area contributed by atoms with Crippen LogP contribution in [0.2, 0.25) is 0 Å². The van der Waals surface area contributed by atoms with E-state index in [0.717, 1.165) is 9.80 Å². The molecule has 342 valence electrons. The average Bonchev–Trinajstić information content (AvgIpc) is 3.28. The highest BCUT2D eigenvalue weighted by atomic mass is 32.2. The molecule has 0 fully saturated rings. The monoisotopic (exact) mass is 958 g/mol. The van der Waals surface area contributed by atoms with Crippen molar-refractivity contribution >= 4 is 100 Å². The molecule has 0 aromatic heterocycles. The first-order valence-electron chi connectivity index (χ1n) is 20.4. The number of carbonyl (C=O) groups is 8. The Morgan fingerprint density at radius 3 is 0.956 bits per heavy atom. The van der Waals surface area contributed by atoms with Gasteiger partial charge >= 0.3 is 0 Å². The van der Waals surface area contributed by atoms with Gasteiger partial charge in [0.15, 0.2) is 0 Å². The molecule has 4 aliphatic heterocycles. The number of benzene rings is 6. The molecule has 22 heteroatoms. The van der Waals surface area contributed by atoms with Crippen LogP contribution in [0.3, 0.4) is 0 Å². The number of nitrogens with one attached hydrogen (secondary N) is 2. The summed E-state index contributed by atoms with van der Waals surface area (Å²) in [5.74, 6) is -7.67. The van der Waals surface area contributed by atoms with Crippen molar-refractivity contribution in [3.63, 3.8) is 0 Å². The Morgan fingerprint density at radius 2 is 0.662 bits per heavy atom. The summed E-state index contributed by atoms with van der Waals surface area (Å²) in [6, 6.07) is 19.1. The molecular formula is C46H30N4O16S2. The fourth-order valence-electron chi connectivity index (χ4n) is 8.90. The van der Waals surface area contributed by atoms with Gasteiger partial charge in [-0.1, -0.05) is 0 Å². The Bertz CT molecular complexity index is 3290. The third-order valence-electron chi connectivity index (χ3n) is 11.8. The van der Waals surface area contributed by atoms with E-state index in [1.807, 2.05) is 0 Å². The van der Waals surface area contributed by atoms with Gasteiger partial charge in [0.05, 0.1) is 36.1 Å². The lowest BCUT2D eigenvalue weighted by Crippen LogP contribution is -2.42. The van der Waals surface area contributed by atoms with Crippen LogP contribution in [0.15, 0.2) is 84.9 Å². The van der Waals surface area contributed by atoms with Crippen molar-refractivity contribution in [3.8, 4) is 22.6 Å². The van der Waals surface area contributed by atoms with Crippen LogP contribution in [0.1, 0.15) is 95.7 Å². The Morgan fingerprint density at radius 1 is 0.397 bits per heavy atom. The number of ether oxygens (including phenoxy) is 2. The average molecular weight is 959 g/mol. The number of anilines is 2. The first-order chi connectivity index (χ1) is 32.3. The van der Waals surface area contributed by atoms with Crippen LogP contribution in [0, 0.1) is 0 Å². The van der Waals surface area contributed by atoms with Gasteiger partial charge in [0.1, 0.15) is 11.5 Å². The van der Waals surface area contributed by atoms with Gasteiger partial charge in [0.25, 0.3) is 67.5 Å². The molecule has 0 spiro atoms. The highest BCUT2D eigenvalue weighted by Crippen LogP contribution is 2.45. The Hall–Kier alpha value is -8.18. The zero-order valence-corrected chi connectivity index (χ0v) is 36.3. The number of hydrogen-bond acceptors (Lipinski definition) is 14. The van der Waals surface area contributed by atoms with E-state index in [0.29, 0.717) is 0 Å². The second-order valence-corrected chi connectivity index (χ2v) is 19.1. The Balaban J connectivity index is 1.07. The number of carbonyl (C=O) groups excluding carboxylic acids is 8. The van der Waals surface area contributed by atoms with Gasteiger partial charge in [0, 0.05) is 89.3 Å². The molecule has 8 amide bonds. The summed E-state index contributed by atoms with van der Waals surface area (Å²) in [5, 5.41) is 4.97. The molecule has 0 atom stereocenters. The summed E-state index contributed by atoms with van der Waals surface area (Å²) in [7, 11) is -8.86. The molecule has 0 aliphatic carbocycles. The van der Waals surface area contributed by atoms with Gasteiger partial charge < -0.3 is 9.47 Å². The van der Waals surface area contributed by atoms with Crippen molar-refractivity contribution in [2.24, 2.45) is 0 Å². The summed E-state index contributed by atoms with van der Waals surface area (Å²) in [4.78, 5) is 110. The maximum absolute atomic E-state index is 14.3. The molecule has 4 heterocycles. The van der Waals surface area contributed by atoms with E-state index < -0.39 is 79.0 Å². The Kier molecular flexibility index (Phi) is 10.1. The third-order valence-corrected chi connectivity index (χ3v) is 13.4. The van der Waals surface area contributed by atoms with E-state index in [1.165, 1.54) is 84.9 Å². The van der Waals surface area contributed by atoms with Gasteiger partial charge in [-0.25, -0.2) is 9.80 Å². The van der Waals surface area contributed by atoms with Gasteiger partial charge in [-0.15, -0.1) is 0 Å². The smallest absolute Gasteiger partial charge is 0.265 e. The van der Waals surface area contributed by atoms with Crippen molar-refractivity contribution in [2.75, 3.05) is 34.5 Å². The quantitative estimate of drug-likeness (QED) is 0.0711. The van der Waals surface area contributed by atoms with E-state index in [-0.39, 0.29) is 126 Å². The van der Waals surface area contributed by atoms with Crippen LogP contribution < -0.4 is 29.9 Å². The van der Waals surface area contributed by atoms with E-state index in [1.54, 1.807) is 0 Å². The normalized spacial score (nSPS) is 15.3. The van der Waals surface area contributed by atoms with Crippen molar-refractivity contribution in [1.82, 2.24) is 10.6 Å². The topological polar surface area (TPSA) is 294 Å². The van der Waals surface area contributed by atoms with Gasteiger partial charge in [-0.2, -0.15) is 16.8 Å². The van der Waals surface area contributed by atoms with Crippen LogP contribution >= 0.6 is 0 Å². The van der Waals surface area contributed by atoms with Crippen LogP contribution in [-0.4, -0.2) is 97.9 Å². The van der Waals surface area contributed by atoms with E-state index in [4.69, 9.17) is 9.47 Å². The summed E-state index contributed by atoms with van der Waals surface area (Å²) in [5.41, 5.74) is 0.619. The maximum Gasteiger partial charge on any atom is 0.265 e. The molecule has 6 aromatic carbocycles. The molecule has 10 rings (SSSR count). The first kappa shape index (κ1) is 43.7. The molecule has 0 saturated heterocycles. The van der Waals surface area contributed by atoms with Crippen molar-refractivity contribution in [2.45, 2.75) is 12.8 Å². The minimum absolute atomic E-state index is 0.00215. The van der Waals surface area contributed by atoms with Crippen LogP contribution in [0.25, 0.3) is 32.7 Å². The summed E-state index contributed by atoms with van der Waals surface area (Å²) < 4.78 is 77.4. The van der Waals surface area contributed by atoms with E-state index in [9.17, 15) is 64.3 Å². The molecule has 68 heavy (non-hydrogen) atoms. The molecule has 0 saturated carbocycles. The lowest BCUT2D eigenvalue weighted by Gasteiger charge is -2.30. The van der Waals surface area contributed by atoms with Crippen LogP contribution in [-0.2, 0) is 20.2 Å². The summed E-state index contributed by atoms with van der Waals surface area (Å²) in [6.45, 7) is -0.689. The molecule has 6 aromatic rings. The zero-order chi connectivity index (χ0) is 48.1. The summed E-state index contributed by atoms with van der Waals surface area (Å²) in [6.07, 6.45) is -0.465. The zero-order valence-electron chi connectivity index (χ0n) is 34.6. The first-order valence-corrected chi connectivity index (χ1v) is 23.7. The molecule has 20 nitrogen and oxygen atoms in total. The lowest BCUT2D eigenvalue weighted by molar-refractivity contribution is 0.0828. The summed E-state index contributed by atoms with van der Waals surface area (Å²) >= 11 is 0. The fourth-order valence-corrected chi connectivity index (χ4v) is 9.87. The van der Waals surface area contributed by atoms with Gasteiger partial charge in [-0.05, 0) is 85.6 Å². The van der Waals surface area contributed by atoms with Gasteiger partial charge in [0.2, 0.25) is 0 Å². The van der Waals surface area contributed by atoms with Gasteiger partial charge in [-0.3, -0.25) is 58.1 Å². The largest absolute Gasteiger partial charge is 0.493 e. The third kappa shape index (κ3) is 7.13. The second-order valence-electron chi connectivity index (χ2n) is 15.9. The highest BCUT2D eigenvalue weighted by molar-refractivity contribution is 7.86. The fraction of sp³-hybridized carbons (Fsp3) is 0.130. The van der Waals surface area contributed by atoms with Crippen molar-refractivity contribution < 1.29 is 73.8 Å². The SMILES string of the molecule is O=C1NC(=O)c2ccc3c4c(ccc1c24)C(=O)N(c1ccc(-c2ccc(N4C(=O)c5ccc6c7c(ccc(c57)C4=O)C(=O)NC6=O)cc2OCCCS(=O)(=O)O)c(OCCCS(=O)(=O)O)c1)C3=O. The van der Waals surface area contributed by atoms with E-state index >= 15 is 0 Å². The maximum atomic E-state index is 14.3. The second kappa shape index (κ2) is 15.7. The predicted molar refractivity (Wildman–Crippen MR) is 239 cm³/mol. The lowest BCUT2D eigenvalue weighted by atomic mass is 9.86. The minimum atomic E-state index is -4.43. The predicted octanol–water partition coefficient (Wildman–Crippen LogP) is 4.34. The number of imide groups is 4. The number of rotatable bonds is 13. The molecule has 4 N–H and O–H groups in total. The van der Waals surface area contributed by atoms with Crippen molar-refractivity contribution in [1.29, 1.82) is 0 Å². The molecule has 0 radical (unpaired) electrons.